The molecule has 1 rings (SSSR count). The van der Waals surface area contributed by atoms with Crippen LogP contribution in [0.25, 0.3) is 0 Å². The van der Waals surface area contributed by atoms with E-state index in [0.29, 0.717) is 22.6 Å². The van der Waals surface area contributed by atoms with Gasteiger partial charge in [-0.05, 0) is 30.5 Å². The zero-order valence-corrected chi connectivity index (χ0v) is 19.7. The first kappa shape index (κ1) is 33.6. The summed E-state index contributed by atoms with van der Waals surface area (Å²) >= 11 is 0.342. The number of halogens is 18. The van der Waals surface area contributed by atoms with E-state index in [1.54, 1.807) is 0 Å². The van der Waals surface area contributed by atoms with Gasteiger partial charge in [-0.1, -0.05) is 34.7 Å². The summed E-state index contributed by atoms with van der Waals surface area (Å²) in [6, 6.07) is 4.81. The van der Waals surface area contributed by atoms with Gasteiger partial charge >= 0.3 is 47.6 Å². The van der Waals surface area contributed by atoms with Crippen molar-refractivity contribution in [3.05, 3.63) is 29.8 Å². The van der Waals surface area contributed by atoms with Gasteiger partial charge in [-0.2, -0.15) is 74.6 Å². The third-order valence-electron chi connectivity index (χ3n) is 4.99. The van der Waals surface area contributed by atoms with Crippen molar-refractivity contribution in [2.24, 2.45) is 0 Å². The van der Waals surface area contributed by atoms with E-state index in [9.17, 15) is 74.6 Å². The summed E-state index contributed by atoms with van der Waals surface area (Å²) in [6.07, 6.45) is -9.65. The van der Waals surface area contributed by atoms with Crippen LogP contribution in [0, 0.1) is 0 Å². The Kier molecular flexibility index (Phi) is 9.03. The molecular formula is C18H12F17IO. The van der Waals surface area contributed by atoms with E-state index in [1.165, 1.54) is 31.4 Å². The second-order valence-electron chi connectivity index (χ2n) is 7.42. The van der Waals surface area contributed by atoms with E-state index in [4.69, 9.17) is 4.74 Å². The minimum absolute atomic E-state index is 0.0687. The van der Waals surface area contributed by atoms with Gasteiger partial charge in [-0.3, -0.25) is 0 Å². The Bertz CT molecular complexity index is 923. The van der Waals surface area contributed by atoms with Crippen LogP contribution in [0.1, 0.15) is 12.0 Å². The lowest BCUT2D eigenvalue weighted by atomic mass is 9.87. The first-order chi connectivity index (χ1) is 16.2. The summed E-state index contributed by atoms with van der Waals surface area (Å²) in [6.45, 7) is 0. The lowest BCUT2D eigenvalue weighted by molar-refractivity contribution is -0.461. The van der Waals surface area contributed by atoms with Gasteiger partial charge in [0.15, 0.2) is 0 Å². The van der Waals surface area contributed by atoms with Crippen molar-refractivity contribution < 1.29 is 79.4 Å². The first-order valence-corrected chi connectivity index (χ1v) is 10.4. The quantitative estimate of drug-likeness (QED) is 0.129. The molecule has 1 aromatic carbocycles. The molecule has 0 aliphatic heterocycles. The van der Waals surface area contributed by atoms with Crippen LogP contribution in [0.5, 0.6) is 5.75 Å². The molecule has 0 saturated heterocycles. The van der Waals surface area contributed by atoms with Gasteiger partial charge in [-0.25, -0.2) is 0 Å². The molecule has 37 heavy (non-hydrogen) atoms. The number of methoxy groups -OCH3 is 1. The standard InChI is InChI=1S/C18H12F17IO/c1-37-9-5-2-8(3-6-9)4-7-10(36)11(19,20)12(21,22)13(23,24)14(25,26)15(27,28)16(29,30)17(31,32)18(33,34)35/h2-3,5-6,10H,4,7H2,1H3. The van der Waals surface area contributed by atoms with Crippen molar-refractivity contribution in [1.29, 1.82) is 0 Å². The predicted octanol–water partition coefficient (Wildman–Crippen LogP) is 8.44. The van der Waals surface area contributed by atoms with Gasteiger partial charge < -0.3 is 4.74 Å². The maximum Gasteiger partial charge on any atom is 0.460 e. The maximum absolute atomic E-state index is 14.2. The third-order valence-corrected chi connectivity index (χ3v) is 6.39. The maximum atomic E-state index is 14.2. The van der Waals surface area contributed by atoms with Crippen LogP contribution in [0.2, 0.25) is 0 Å². The Morgan fingerprint density at radius 2 is 0.946 bits per heavy atom. The Labute approximate surface area is 209 Å². The largest absolute Gasteiger partial charge is 0.497 e. The van der Waals surface area contributed by atoms with Crippen LogP contribution in [-0.4, -0.2) is 58.7 Å². The van der Waals surface area contributed by atoms with Crippen LogP contribution in [0.15, 0.2) is 24.3 Å². The number of ether oxygens (including phenoxy) is 1. The summed E-state index contributed by atoms with van der Waals surface area (Å²) in [5.74, 6) is -56.0. The molecule has 0 aliphatic rings. The molecule has 0 N–H and O–H groups in total. The second-order valence-corrected chi connectivity index (χ2v) is 8.92. The van der Waals surface area contributed by atoms with Crippen molar-refractivity contribution in [2.75, 3.05) is 7.11 Å². The Morgan fingerprint density at radius 1 is 0.595 bits per heavy atom. The number of hydrogen-bond donors (Lipinski definition) is 0. The SMILES string of the molecule is COc1ccc(CCC(I)C(F)(F)C(F)(F)C(F)(F)C(F)(F)C(F)(F)C(F)(F)C(F)(F)C(F)(F)F)cc1. The number of benzene rings is 1. The normalized spacial score (nSPS) is 16.1. The molecule has 0 bridgehead atoms. The number of aryl methyl sites for hydroxylation is 1. The molecule has 0 saturated carbocycles. The van der Waals surface area contributed by atoms with E-state index in [2.05, 4.69) is 0 Å². The number of rotatable bonds is 11. The monoisotopic (exact) mass is 694 g/mol. The average molecular weight is 694 g/mol. The molecule has 0 radical (unpaired) electrons. The lowest BCUT2D eigenvalue weighted by Crippen LogP contribution is -2.75. The average Bonchev–Trinajstić information content (AvgIpc) is 2.75. The fourth-order valence-corrected chi connectivity index (χ4v) is 3.34. The smallest absolute Gasteiger partial charge is 0.460 e. The highest BCUT2D eigenvalue weighted by Gasteiger charge is 2.95. The molecule has 19 heteroatoms. The highest BCUT2D eigenvalue weighted by atomic mass is 127. The van der Waals surface area contributed by atoms with Crippen molar-refractivity contribution in [3.63, 3.8) is 0 Å². The highest BCUT2D eigenvalue weighted by Crippen LogP contribution is 2.64. The molecule has 1 aromatic rings. The topological polar surface area (TPSA) is 9.23 Å². The van der Waals surface area contributed by atoms with Crippen LogP contribution in [0.4, 0.5) is 74.6 Å². The van der Waals surface area contributed by atoms with Crippen LogP contribution in [-0.2, 0) is 6.42 Å². The fraction of sp³-hybridized carbons (Fsp3) is 0.667. The molecule has 1 nitrogen and oxygen atoms in total. The molecule has 0 aromatic heterocycles. The van der Waals surface area contributed by atoms with E-state index < -0.39 is 64.4 Å². The number of hydrogen-bond acceptors (Lipinski definition) is 1. The molecular weight excluding hydrogens is 682 g/mol. The number of alkyl halides is 18. The molecule has 1 unspecified atom stereocenters. The molecule has 0 heterocycles. The van der Waals surface area contributed by atoms with Crippen LogP contribution in [0.3, 0.4) is 0 Å². The van der Waals surface area contributed by atoms with Gasteiger partial charge in [0.1, 0.15) is 5.75 Å². The molecule has 0 spiro atoms. The fourth-order valence-electron chi connectivity index (χ4n) is 2.64. The molecule has 216 valence electrons. The second kappa shape index (κ2) is 9.95. The Balaban J connectivity index is 3.40. The van der Waals surface area contributed by atoms with E-state index in [-0.39, 0.29) is 11.3 Å². The summed E-state index contributed by atoms with van der Waals surface area (Å²) < 4.78 is 228. The van der Waals surface area contributed by atoms with Gasteiger partial charge in [0, 0.05) is 0 Å². The van der Waals surface area contributed by atoms with Crippen molar-refractivity contribution in [1.82, 2.24) is 0 Å². The van der Waals surface area contributed by atoms with E-state index >= 15 is 0 Å². The van der Waals surface area contributed by atoms with Crippen molar-refractivity contribution in [3.8, 4) is 5.75 Å². The van der Waals surface area contributed by atoms with E-state index in [0.717, 1.165) is 0 Å². The van der Waals surface area contributed by atoms with Gasteiger partial charge in [0.25, 0.3) is 0 Å². The predicted molar refractivity (Wildman–Crippen MR) is 99.8 cm³/mol. The van der Waals surface area contributed by atoms with Crippen LogP contribution >= 0.6 is 22.6 Å². The van der Waals surface area contributed by atoms with Gasteiger partial charge in [0.05, 0.1) is 11.0 Å². The summed E-state index contributed by atoms with van der Waals surface area (Å²) in [5.41, 5.74) is 0.0687. The summed E-state index contributed by atoms with van der Waals surface area (Å²) in [5, 5.41) is 0. The first-order valence-electron chi connectivity index (χ1n) is 9.17. The summed E-state index contributed by atoms with van der Waals surface area (Å²) in [7, 11) is 1.22. The van der Waals surface area contributed by atoms with Crippen molar-refractivity contribution >= 4 is 22.6 Å². The molecule has 0 amide bonds. The Hall–Kier alpha value is -1.44. The lowest BCUT2D eigenvalue weighted by Gasteiger charge is -2.43. The Morgan fingerprint density at radius 3 is 1.30 bits per heavy atom. The third kappa shape index (κ3) is 5.12. The van der Waals surface area contributed by atoms with Crippen LogP contribution < -0.4 is 4.74 Å². The van der Waals surface area contributed by atoms with E-state index in [1.807, 2.05) is 0 Å². The molecule has 0 fully saturated rings. The van der Waals surface area contributed by atoms with Crippen molar-refractivity contribution in [2.45, 2.75) is 64.4 Å². The minimum Gasteiger partial charge on any atom is -0.497 e. The van der Waals surface area contributed by atoms with Gasteiger partial charge in [0.2, 0.25) is 0 Å². The highest BCUT2D eigenvalue weighted by molar-refractivity contribution is 14.1. The van der Waals surface area contributed by atoms with Gasteiger partial charge in [-0.15, -0.1) is 0 Å². The molecule has 1 atom stereocenters. The zero-order chi connectivity index (χ0) is 29.7. The summed E-state index contributed by atoms with van der Waals surface area (Å²) in [4.78, 5) is 0. The minimum atomic E-state index is -8.62. The zero-order valence-electron chi connectivity index (χ0n) is 17.5. The molecule has 0 aliphatic carbocycles.